The van der Waals surface area contributed by atoms with Crippen molar-refractivity contribution < 1.29 is 24.2 Å². The van der Waals surface area contributed by atoms with Gasteiger partial charge in [0.05, 0.1) is 19.1 Å². The molecule has 220 valence electrons. The zero-order valence-corrected chi connectivity index (χ0v) is 25.5. The molecule has 0 unspecified atom stereocenters. The second kappa shape index (κ2) is 15.7. The summed E-state index contributed by atoms with van der Waals surface area (Å²) in [4.78, 5) is 37.2. The molecule has 7 nitrogen and oxygen atoms in total. The first kappa shape index (κ1) is 33.1. The third-order valence-corrected chi connectivity index (χ3v) is 7.15. The molecule has 2 N–H and O–H groups in total. The molecule has 1 aliphatic rings. The number of benzene rings is 2. The van der Waals surface area contributed by atoms with Crippen LogP contribution in [0.1, 0.15) is 94.8 Å². The van der Waals surface area contributed by atoms with Gasteiger partial charge in [-0.1, -0.05) is 58.9 Å². The second-order valence-electron chi connectivity index (χ2n) is 11.6. The van der Waals surface area contributed by atoms with Gasteiger partial charge in [-0.05, 0) is 79.5 Å². The minimum absolute atomic E-state index is 0.0831. The van der Waals surface area contributed by atoms with E-state index in [9.17, 15) is 19.5 Å². The molecule has 8 heteroatoms. The standard InChI is InChI=1S/C27H36N2O4.C5H9ClO/c1-4-33-25-17-20(12-13-22(25)27(31)32)18-26(30)28-23(16-19(2)3)21-10-6-7-11-24(21)29-14-8-5-9-15-29;1-5(2,3)4(6)7/h6-7,10-13,17,19,23H,4-5,8-9,14-16,18H2,1-3H3,(H,28,30)(H,31,32);1-3H3/t23-;/m0./s1. The lowest BCUT2D eigenvalue weighted by molar-refractivity contribution is -0.121. The van der Waals surface area contributed by atoms with Crippen molar-refractivity contribution in [2.45, 2.75) is 79.7 Å². The van der Waals surface area contributed by atoms with Crippen LogP contribution in [0.5, 0.6) is 5.75 Å². The predicted octanol–water partition coefficient (Wildman–Crippen LogP) is 7.02. The predicted molar refractivity (Wildman–Crippen MR) is 161 cm³/mol. The fourth-order valence-corrected chi connectivity index (χ4v) is 4.50. The summed E-state index contributed by atoms with van der Waals surface area (Å²) < 4.78 is 5.49. The minimum atomic E-state index is -1.04. The third kappa shape index (κ3) is 10.5. The Balaban J connectivity index is 0.000000708. The van der Waals surface area contributed by atoms with Crippen LogP contribution >= 0.6 is 11.6 Å². The molecule has 1 saturated heterocycles. The number of carbonyl (C=O) groups is 3. The lowest BCUT2D eigenvalue weighted by atomic mass is 9.94. The number of para-hydroxylation sites is 1. The van der Waals surface area contributed by atoms with Crippen LogP contribution in [0.3, 0.4) is 0 Å². The maximum Gasteiger partial charge on any atom is 0.339 e. The number of rotatable bonds is 10. The monoisotopic (exact) mass is 572 g/mol. The summed E-state index contributed by atoms with van der Waals surface area (Å²) in [6.45, 7) is 13.9. The van der Waals surface area contributed by atoms with Crippen molar-refractivity contribution in [2.75, 3.05) is 24.6 Å². The van der Waals surface area contributed by atoms with Gasteiger partial charge in [-0.15, -0.1) is 0 Å². The lowest BCUT2D eigenvalue weighted by Crippen LogP contribution is -2.34. The number of aromatic carboxylic acids is 1. The maximum absolute atomic E-state index is 13.1. The van der Waals surface area contributed by atoms with E-state index >= 15 is 0 Å². The Kier molecular flexibility index (Phi) is 13.0. The summed E-state index contributed by atoms with van der Waals surface area (Å²) in [6, 6.07) is 13.2. The van der Waals surface area contributed by atoms with Crippen molar-refractivity contribution in [2.24, 2.45) is 11.3 Å². The molecule has 0 aliphatic carbocycles. The summed E-state index contributed by atoms with van der Waals surface area (Å²) in [6.07, 6.45) is 4.68. The zero-order valence-electron chi connectivity index (χ0n) is 24.8. The molecule has 1 fully saturated rings. The first-order chi connectivity index (χ1) is 18.8. The Morgan fingerprint density at radius 3 is 2.23 bits per heavy atom. The van der Waals surface area contributed by atoms with Crippen LogP contribution in [0.15, 0.2) is 42.5 Å². The van der Waals surface area contributed by atoms with Gasteiger partial charge in [0.25, 0.3) is 0 Å². The molecule has 1 heterocycles. The fourth-order valence-electron chi connectivity index (χ4n) is 4.50. The van der Waals surface area contributed by atoms with Crippen molar-refractivity contribution in [3.05, 3.63) is 59.2 Å². The van der Waals surface area contributed by atoms with E-state index in [2.05, 4.69) is 42.3 Å². The first-order valence-electron chi connectivity index (χ1n) is 14.2. The highest BCUT2D eigenvalue weighted by molar-refractivity contribution is 6.64. The van der Waals surface area contributed by atoms with Gasteiger partial charge in [-0.2, -0.15) is 0 Å². The molecule has 0 saturated carbocycles. The Bertz CT molecular complexity index is 1140. The van der Waals surface area contributed by atoms with Gasteiger partial charge < -0.3 is 20.1 Å². The highest BCUT2D eigenvalue weighted by Crippen LogP contribution is 2.32. The number of anilines is 1. The summed E-state index contributed by atoms with van der Waals surface area (Å²) in [7, 11) is 0. The van der Waals surface area contributed by atoms with Gasteiger partial charge in [0.2, 0.25) is 11.1 Å². The summed E-state index contributed by atoms with van der Waals surface area (Å²) >= 11 is 5.11. The highest BCUT2D eigenvalue weighted by Gasteiger charge is 2.23. The molecule has 0 spiro atoms. The number of amides is 1. The number of carbonyl (C=O) groups excluding carboxylic acids is 2. The van der Waals surface area contributed by atoms with Gasteiger partial charge in [0, 0.05) is 24.2 Å². The fraction of sp³-hybridized carbons (Fsp3) is 0.531. The lowest BCUT2D eigenvalue weighted by Gasteiger charge is -2.33. The number of halogens is 1. The zero-order chi connectivity index (χ0) is 29.9. The molecule has 0 radical (unpaired) electrons. The van der Waals surface area contributed by atoms with Crippen molar-refractivity contribution in [1.82, 2.24) is 5.32 Å². The number of nitrogens with one attached hydrogen (secondary N) is 1. The molecular formula is C32H45ClN2O5. The van der Waals surface area contributed by atoms with E-state index < -0.39 is 5.97 Å². The number of nitrogens with zero attached hydrogens (tertiary/aromatic N) is 1. The van der Waals surface area contributed by atoms with Gasteiger partial charge in [-0.3, -0.25) is 9.59 Å². The largest absolute Gasteiger partial charge is 0.493 e. The molecule has 40 heavy (non-hydrogen) atoms. The Morgan fingerprint density at radius 1 is 1.05 bits per heavy atom. The Labute approximate surface area is 244 Å². The van der Waals surface area contributed by atoms with Crippen LogP contribution < -0.4 is 15.0 Å². The summed E-state index contributed by atoms with van der Waals surface area (Å²) in [5.41, 5.74) is 2.84. The van der Waals surface area contributed by atoms with Crippen LogP contribution in [0.4, 0.5) is 5.69 Å². The third-order valence-electron chi connectivity index (χ3n) is 6.58. The van der Waals surface area contributed by atoms with Crippen molar-refractivity contribution >= 4 is 34.4 Å². The van der Waals surface area contributed by atoms with E-state index in [1.54, 1.807) is 39.8 Å². The smallest absolute Gasteiger partial charge is 0.339 e. The topological polar surface area (TPSA) is 95.9 Å². The number of hydrogen-bond donors (Lipinski definition) is 2. The van der Waals surface area contributed by atoms with Crippen molar-refractivity contribution in [3.63, 3.8) is 0 Å². The van der Waals surface area contributed by atoms with Crippen LogP contribution in [-0.4, -0.2) is 41.9 Å². The molecule has 3 rings (SSSR count). The Hall–Kier alpha value is -3.06. The van der Waals surface area contributed by atoms with E-state index in [-0.39, 0.29) is 34.6 Å². The first-order valence-corrected chi connectivity index (χ1v) is 14.5. The van der Waals surface area contributed by atoms with E-state index in [1.165, 1.54) is 31.0 Å². The Morgan fingerprint density at radius 2 is 1.68 bits per heavy atom. The average molecular weight is 573 g/mol. The van der Waals surface area contributed by atoms with Crippen LogP contribution in [0, 0.1) is 11.3 Å². The number of ether oxygens (including phenoxy) is 1. The quantitative estimate of drug-likeness (QED) is 0.297. The van der Waals surface area contributed by atoms with E-state index in [0.717, 1.165) is 30.6 Å². The molecule has 1 atom stereocenters. The normalized spacial score (nSPS) is 14.2. The summed E-state index contributed by atoms with van der Waals surface area (Å²) in [5, 5.41) is 12.3. The van der Waals surface area contributed by atoms with Gasteiger partial charge in [-0.25, -0.2) is 4.79 Å². The summed E-state index contributed by atoms with van der Waals surface area (Å²) in [5.74, 6) is -0.408. The number of carboxylic acid groups (broad SMARTS) is 1. The molecule has 2 aromatic carbocycles. The van der Waals surface area contributed by atoms with E-state index in [4.69, 9.17) is 16.3 Å². The minimum Gasteiger partial charge on any atom is -0.493 e. The molecule has 1 amide bonds. The van der Waals surface area contributed by atoms with Crippen molar-refractivity contribution in [3.8, 4) is 5.75 Å². The van der Waals surface area contributed by atoms with Crippen LogP contribution in [0.2, 0.25) is 0 Å². The van der Waals surface area contributed by atoms with Crippen LogP contribution in [-0.2, 0) is 16.0 Å². The van der Waals surface area contributed by atoms with Crippen molar-refractivity contribution in [1.29, 1.82) is 0 Å². The molecular weight excluding hydrogens is 528 g/mol. The second-order valence-corrected chi connectivity index (χ2v) is 12.0. The van der Waals surface area contributed by atoms with Crippen LogP contribution in [0.25, 0.3) is 0 Å². The molecule has 1 aliphatic heterocycles. The maximum atomic E-state index is 13.1. The average Bonchev–Trinajstić information content (AvgIpc) is 2.88. The van der Waals surface area contributed by atoms with E-state index in [1.807, 2.05) is 6.07 Å². The number of piperidine rings is 1. The molecule has 0 aromatic heterocycles. The number of hydrogen-bond acceptors (Lipinski definition) is 5. The molecule has 0 bridgehead atoms. The molecule has 2 aromatic rings. The number of carboxylic acids is 1. The van der Waals surface area contributed by atoms with Gasteiger partial charge >= 0.3 is 5.97 Å². The van der Waals surface area contributed by atoms with Gasteiger partial charge in [0.1, 0.15) is 11.3 Å². The van der Waals surface area contributed by atoms with E-state index in [0.29, 0.717) is 18.3 Å². The highest BCUT2D eigenvalue weighted by atomic mass is 35.5. The SMILES string of the molecule is CC(C)(C)C(=O)Cl.CCOc1cc(CC(=O)N[C@@H](CC(C)C)c2ccccc2N2CCCCC2)ccc1C(=O)O. The van der Waals surface area contributed by atoms with Gasteiger partial charge in [0.15, 0.2) is 0 Å².